The predicted octanol–water partition coefficient (Wildman–Crippen LogP) is 2.62. The maximum absolute atomic E-state index is 11.9. The molecule has 2 amide bonds. The molecular weight excluding hydrogens is 280 g/mol. The molecule has 2 aromatic rings. The SMILES string of the molecule is CC(=O)N(CCNC(=O)c1ccco1)C(C)c1ccccc1. The number of amides is 2. The Morgan fingerprint density at radius 3 is 2.50 bits per heavy atom. The Morgan fingerprint density at radius 1 is 1.18 bits per heavy atom. The van der Waals surface area contributed by atoms with Gasteiger partial charge in [-0.15, -0.1) is 0 Å². The van der Waals surface area contributed by atoms with E-state index >= 15 is 0 Å². The maximum atomic E-state index is 11.9. The third-order valence-electron chi connectivity index (χ3n) is 3.54. The van der Waals surface area contributed by atoms with E-state index in [0.717, 1.165) is 5.56 Å². The standard InChI is InChI=1S/C17H20N2O3/c1-13(15-7-4-3-5-8-15)19(14(2)20)11-10-18-17(21)16-9-6-12-22-16/h3-9,12-13H,10-11H2,1-2H3,(H,18,21). The van der Waals surface area contributed by atoms with Gasteiger partial charge in [0.15, 0.2) is 5.76 Å². The average Bonchev–Trinajstić information content (AvgIpc) is 3.06. The molecular formula is C17H20N2O3. The van der Waals surface area contributed by atoms with Crippen molar-refractivity contribution in [3.63, 3.8) is 0 Å². The van der Waals surface area contributed by atoms with Crippen LogP contribution in [0.5, 0.6) is 0 Å². The molecule has 5 nitrogen and oxygen atoms in total. The Morgan fingerprint density at radius 2 is 1.91 bits per heavy atom. The monoisotopic (exact) mass is 300 g/mol. The fourth-order valence-corrected chi connectivity index (χ4v) is 2.32. The Bertz CT molecular complexity index is 608. The van der Waals surface area contributed by atoms with Gasteiger partial charge in [-0.25, -0.2) is 0 Å². The summed E-state index contributed by atoms with van der Waals surface area (Å²) in [6.07, 6.45) is 1.45. The van der Waals surface area contributed by atoms with Gasteiger partial charge in [-0.05, 0) is 24.6 Å². The van der Waals surface area contributed by atoms with E-state index in [1.165, 1.54) is 13.2 Å². The fraction of sp³-hybridized carbons (Fsp3) is 0.294. The number of nitrogens with one attached hydrogen (secondary N) is 1. The van der Waals surface area contributed by atoms with Crippen molar-refractivity contribution < 1.29 is 14.0 Å². The zero-order chi connectivity index (χ0) is 15.9. The van der Waals surface area contributed by atoms with Crippen LogP contribution >= 0.6 is 0 Å². The molecule has 1 aromatic carbocycles. The van der Waals surface area contributed by atoms with Crippen LogP contribution in [0.3, 0.4) is 0 Å². The lowest BCUT2D eigenvalue weighted by Gasteiger charge is -2.28. The van der Waals surface area contributed by atoms with Gasteiger partial charge in [0, 0.05) is 20.0 Å². The molecule has 22 heavy (non-hydrogen) atoms. The number of nitrogens with zero attached hydrogens (tertiary/aromatic N) is 1. The minimum absolute atomic E-state index is 0.0244. The second kappa shape index (κ2) is 7.45. The predicted molar refractivity (Wildman–Crippen MR) is 83.3 cm³/mol. The first-order valence-electron chi connectivity index (χ1n) is 7.23. The van der Waals surface area contributed by atoms with Crippen LogP contribution in [0.4, 0.5) is 0 Å². The molecule has 1 atom stereocenters. The van der Waals surface area contributed by atoms with Crippen molar-refractivity contribution in [1.82, 2.24) is 10.2 Å². The molecule has 1 unspecified atom stereocenters. The van der Waals surface area contributed by atoms with E-state index in [-0.39, 0.29) is 23.6 Å². The van der Waals surface area contributed by atoms with E-state index in [9.17, 15) is 9.59 Å². The summed E-state index contributed by atoms with van der Waals surface area (Å²) in [6.45, 7) is 4.33. The summed E-state index contributed by atoms with van der Waals surface area (Å²) >= 11 is 0. The number of carbonyl (C=O) groups is 2. The molecule has 0 radical (unpaired) electrons. The van der Waals surface area contributed by atoms with Crippen LogP contribution < -0.4 is 5.32 Å². The van der Waals surface area contributed by atoms with E-state index < -0.39 is 0 Å². The minimum atomic E-state index is -0.277. The Labute approximate surface area is 129 Å². The summed E-state index contributed by atoms with van der Waals surface area (Å²) in [7, 11) is 0. The van der Waals surface area contributed by atoms with Gasteiger partial charge >= 0.3 is 0 Å². The smallest absolute Gasteiger partial charge is 0.287 e. The minimum Gasteiger partial charge on any atom is -0.459 e. The van der Waals surface area contributed by atoms with Crippen molar-refractivity contribution in [2.45, 2.75) is 19.9 Å². The molecule has 0 saturated carbocycles. The topological polar surface area (TPSA) is 62.6 Å². The molecule has 0 fully saturated rings. The molecule has 116 valence electrons. The summed E-state index contributed by atoms with van der Waals surface area (Å²) in [4.78, 5) is 25.4. The highest BCUT2D eigenvalue weighted by Gasteiger charge is 2.18. The van der Waals surface area contributed by atoms with Gasteiger partial charge in [0.1, 0.15) is 0 Å². The molecule has 0 aliphatic carbocycles. The van der Waals surface area contributed by atoms with Crippen LogP contribution in [0, 0.1) is 0 Å². The third kappa shape index (κ3) is 3.97. The zero-order valence-corrected chi connectivity index (χ0v) is 12.8. The maximum Gasteiger partial charge on any atom is 0.287 e. The number of hydrogen-bond donors (Lipinski definition) is 1. The summed E-state index contributed by atoms with van der Waals surface area (Å²) in [5, 5.41) is 2.75. The molecule has 1 aromatic heterocycles. The van der Waals surface area contributed by atoms with Crippen molar-refractivity contribution in [1.29, 1.82) is 0 Å². The first-order valence-corrected chi connectivity index (χ1v) is 7.23. The van der Waals surface area contributed by atoms with Crippen LogP contribution in [-0.4, -0.2) is 29.8 Å². The molecule has 0 aliphatic heterocycles. The largest absolute Gasteiger partial charge is 0.459 e. The molecule has 2 rings (SSSR count). The molecule has 5 heteroatoms. The second-order valence-corrected chi connectivity index (χ2v) is 5.03. The average molecular weight is 300 g/mol. The van der Waals surface area contributed by atoms with Crippen LogP contribution in [0.25, 0.3) is 0 Å². The number of carbonyl (C=O) groups excluding carboxylic acids is 2. The summed E-state index contributed by atoms with van der Waals surface area (Å²) in [6, 6.07) is 13.0. The zero-order valence-electron chi connectivity index (χ0n) is 12.8. The van der Waals surface area contributed by atoms with Crippen molar-refractivity contribution >= 4 is 11.8 Å². The summed E-state index contributed by atoms with van der Waals surface area (Å²) in [5.41, 5.74) is 1.06. The number of rotatable bonds is 6. The quantitative estimate of drug-likeness (QED) is 0.892. The van der Waals surface area contributed by atoms with E-state index in [1.807, 2.05) is 37.3 Å². The third-order valence-corrected chi connectivity index (χ3v) is 3.54. The molecule has 1 heterocycles. The van der Waals surface area contributed by atoms with E-state index in [2.05, 4.69) is 5.32 Å². The number of hydrogen-bond acceptors (Lipinski definition) is 3. The highest BCUT2D eigenvalue weighted by molar-refractivity contribution is 5.91. The van der Waals surface area contributed by atoms with Crippen LogP contribution in [0.2, 0.25) is 0 Å². The summed E-state index contributed by atoms with van der Waals surface area (Å²) in [5.74, 6) is -0.0325. The fourth-order valence-electron chi connectivity index (χ4n) is 2.32. The van der Waals surface area contributed by atoms with Gasteiger partial charge in [0.25, 0.3) is 5.91 Å². The Kier molecular flexibility index (Phi) is 5.36. The van der Waals surface area contributed by atoms with Crippen LogP contribution in [0.1, 0.15) is 36.0 Å². The lowest BCUT2D eigenvalue weighted by Crippen LogP contribution is -2.38. The highest BCUT2D eigenvalue weighted by Crippen LogP contribution is 2.19. The van der Waals surface area contributed by atoms with Gasteiger partial charge in [-0.3, -0.25) is 9.59 Å². The molecule has 0 spiro atoms. The van der Waals surface area contributed by atoms with Crippen LogP contribution in [-0.2, 0) is 4.79 Å². The van der Waals surface area contributed by atoms with Crippen LogP contribution in [0.15, 0.2) is 53.1 Å². The lowest BCUT2D eigenvalue weighted by atomic mass is 10.1. The highest BCUT2D eigenvalue weighted by atomic mass is 16.3. The molecule has 1 N–H and O–H groups in total. The van der Waals surface area contributed by atoms with E-state index in [0.29, 0.717) is 13.1 Å². The number of furan rings is 1. The Balaban J connectivity index is 1.92. The van der Waals surface area contributed by atoms with Gasteiger partial charge in [-0.2, -0.15) is 0 Å². The summed E-state index contributed by atoms with van der Waals surface area (Å²) < 4.78 is 5.02. The van der Waals surface area contributed by atoms with Gasteiger partial charge in [0.05, 0.1) is 12.3 Å². The molecule has 0 aliphatic rings. The van der Waals surface area contributed by atoms with Crippen molar-refractivity contribution in [2.24, 2.45) is 0 Å². The van der Waals surface area contributed by atoms with Gasteiger partial charge in [0.2, 0.25) is 5.91 Å². The lowest BCUT2D eigenvalue weighted by molar-refractivity contribution is -0.130. The van der Waals surface area contributed by atoms with Gasteiger partial charge < -0.3 is 14.6 Å². The second-order valence-electron chi connectivity index (χ2n) is 5.03. The van der Waals surface area contributed by atoms with E-state index in [4.69, 9.17) is 4.42 Å². The van der Waals surface area contributed by atoms with Gasteiger partial charge in [-0.1, -0.05) is 30.3 Å². The number of benzene rings is 1. The molecule has 0 saturated heterocycles. The van der Waals surface area contributed by atoms with E-state index in [1.54, 1.807) is 17.0 Å². The van der Waals surface area contributed by atoms with Crippen molar-refractivity contribution in [3.05, 3.63) is 60.1 Å². The first-order chi connectivity index (χ1) is 10.6. The normalized spacial score (nSPS) is 11.7. The molecule has 0 bridgehead atoms. The van der Waals surface area contributed by atoms with Crippen molar-refractivity contribution in [2.75, 3.05) is 13.1 Å². The van der Waals surface area contributed by atoms with Crippen molar-refractivity contribution in [3.8, 4) is 0 Å². The Hall–Kier alpha value is -2.56. The first kappa shape index (κ1) is 15.8.